The first-order valence-electron chi connectivity index (χ1n) is 9.02. The van der Waals surface area contributed by atoms with Crippen LogP contribution >= 0.6 is 0 Å². The van der Waals surface area contributed by atoms with E-state index in [9.17, 15) is 4.79 Å². The van der Waals surface area contributed by atoms with Gasteiger partial charge in [-0.3, -0.25) is 4.79 Å². The number of amides is 1. The predicted molar refractivity (Wildman–Crippen MR) is 108 cm³/mol. The van der Waals surface area contributed by atoms with Gasteiger partial charge in [0.05, 0.1) is 6.54 Å². The van der Waals surface area contributed by atoms with Crippen LogP contribution in [0.4, 0.5) is 0 Å². The number of rotatable bonds is 5. The number of carbonyl (C=O) groups is 1. The highest BCUT2D eigenvalue weighted by Gasteiger charge is 2.11. The van der Waals surface area contributed by atoms with Gasteiger partial charge in [-0.1, -0.05) is 65.3 Å². The lowest BCUT2D eigenvalue weighted by molar-refractivity contribution is 0.0949. The molecule has 0 aliphatic heterocycles. The molecule has 5 nitrogen and oxygen atoms in total. The number of nitrogens with one attached hydrogen (secondary N) is 1. The predicted octanol–water partition coefficient (Wildman–Crippen LogP) is 4.64. The summed E-state index contributed by atoms with van der Waals surface area (Å²) < 4.78 is 5.28. The van der Waals surface area contributed by atoms with Crippen molar-refractivity contribution in [3.63, 3.8) is 0 Å². The Balaban J connectivity index is 1.39. The van der Waals surface area contributed by atoms with Crippen molar-refractivity contribution in [3.05, 3.63) is 95.8 Å². The van der Waals surface area contributed by atoms with Crippen LogP contribution in [0.15, 0.2) is 83.4 Å². The molecule has 0 atom stereocenters. The molecule has 5 heteroatoms. The van der Waals surface area contributed by atoms with Crippen LogP contribution in [-0.2, 0) is 6.54 Å². The van der Waals surface area contributed by atoms with Crippen molar-refractivity contribution in [2.45, 2.75) is 13.5 Å². The van der Waals surface area contributed by atoms with E-state index in [1.165, 1.54) is 0 Å². The van der Waals surface area contributed by atoms with E-state index in [-0.39, 0.29) is 12.5 Å². The average molecular weight is 369 g/mol. The minimum Gasteiger partial charge on any atom is -0.345 e. The van der Waals surface area contributed by atoms with Crippen LogP contribution in [0, 0.1) is 6.92 Å². The molecular weight excluding hydrogens is 350 g/mol. The number of hydrogen-bond donors (Lipinski definition) is 1. The van der Waals surface area contributed by atoms with Crippen LogP contribution in [0.3, 0.4) is 0 Å². The number of aromatic nitrogens is 2. The normalized spacial score (nSPS) is 10.6. The average Bonchev–Trinajstić information content (AvgIpc) is 3.22. The Labute approximate surface area is 163 Å². The van der Waals surface area contributed by atoms with Gasteiger partial charge in [0.25, 0.3) is 11.8 Å². The molecule has 0 unspecified atom stereocenters. The molecule has 0 fully saturated rings. The smallest absolute Gasteiger partial charge is 0.257 e. The lowest BCUT2D eigenvalue weighted by atomic mass is 10.0. The summed E-state index contributed by atoms with van der Waals surface area (Å²) in [7, 11) is 0. The van der Waals surface area contributed by atoms with Gasteiger partial charge in [0.15, 0.2) is 5.82 Å². The van der Waals surface area contributed by atoms with Gasteiger partial charge in [-0.15, -0.1) is 0 Å². The maximum Gasteiger partial charge on any atom is 0.257 e. The molecule has 4 rings (SSSR count). The topological polar surface area (TPSA) is 68.0 Å². The molecule has 0 saturated heterocycles. The molecule has 28 heavy (non-hydrogen) atoms. The van der Waals surface area contributed by atoms with E-state index in [1.807, 2.05) is 85.8 Å². The summed E-state index contributed by atoms with van der Waals surface area (Å²) in [5, 5.41) is 6.76. The first kappa shape index (κ1) is 17.7. The standard InChI is InChI=1S/C23H19N3O2/c1-16-7-9-20(10-8-16)23-25-21(26-28-23)15-24-22(27)19-13-11-18(12-14-19)17-5-3-2-4-6-17/h2-14H,15H2,1H3,(H,24,27). The lowest BCUT2D eigenvalue weighted by Crippen LogP contribution is -2.23. The zero-order chi connectivity index (χ0) is 19.3. The van der Waals surface area contributed by atoms with Crippen molar-refractivity contribution in [1.29, 1.82) is 0 Å². The Morgan fingerprint density at radius 3 is 2.21 bits per heavy atom. The van der Waals surface area contributed by atoms with Crippen molar-refractivity contribution in [1.82, 2.24) is 15.5 Å². The second kappa shape index (κ2) is 7.88. The molecule has 0 spiro atoms. The van der Waals surface area contributed by atoms with Crippen LogP contribution < -0.4 is 5.32 Å². The summed E-state index contributed by atoms with van der Waals surface area (Å²) in [6.07, 6.45) is 0. The summed E-state index contributed by atoms with van der Waals surface area (Å²) in [5.74, 6) is 0.697. The zero-order valence-corrected chi connectivity index (χ0v) is 15.4. The van der Waals surface area contributed by atoms with Crippen molar-refractivity contribution in [2.24, 2.45) is 0 Å². The van der Waals surface area contributed by atoms with Crippen LogP contribution in [0.5, 0.6) is 0 Å². The Morgan fingerprint density at radius 1 is 0.857 bits per heavy atom. The fourth-order valence-corrected chi connectivity index (χ4v) is 2.85. The van der Waals surface area contributed by atoms with Gasteiger partial charge >= 0.3 is 0 Å². The summed E-state index contributed by atoms with van der Waals surface area (Å²) >= 11 is 0. The van der Waals surface area contributed by atoms with E-state index in [0.717, 1.165) is 22.3 Å². The van der Waals surface area contributed by atoms with Crippen molar-refractivity contribution >= 4 is 5.91 Å². The Hall–Kier alpha value is -3.73. The van der Waals surface area contributed by atoms with Crippen molar-refractivity contribution < 1.29 is 9.32 Å². The molecule has 138 valence electrons. The quantitative estimate of drug-likeness (QED) is 0.556. The summed E-state index contributed by atoms with van der Waals surface area (Å²) in [6, 6.07) is 25.4. The largest absolute Gasteiger partial charge is 0.345 e. The molecule has 1 N–H and O–H groups in total. The van der Waals surface area contributed by atoms with Gasteiger partial charge in [0, 0.05) is 11.1 Å². The number of hydrogen-bond acceptors (Lipinski definition) is 4. The van der Waals surface area contributed by atoms with Gasteiger partial charge in [-0.25, -0.2) is 0 Å². The molecule has 0 aliphatic rings. The second-order valence-electron chi connectivity index (χ2n) is 6.51. The highest BCUT2D eigenvalue weighted by Crippen LogP contribution is 2.20. The fourth-order valence-electron chi connectivity index (χ4n) is 2.85. The molecule has 0 bridgehead atoms. The maximum absolute atomic E-state index is 12.4. The van der Waals surface area contributed by atoms with Gasteiger partial charge in [0.2, 0.25) is 0 Å². The second-order valence-corrected chi connectivity index (χ2v) is 6.51. The minimum absolute atomic E-state index is 0.179. The van der Waals surface area contributed by atoms with Gasteiger partial charge < -0.3 is 9.84 Å². The molecule has 1 amide bonds. The summed E-state index contributed by atoms with van der Waals surface area (Å²) in [6.45, 7) is 2.22. The molecule has 0 aliphatic carbocycles. The van der Waals surface area contributed by atoms with E-state index >= 15 is 0 Å². The molecule has 3 aromatic carbocycles. The summed E-state index contributed by atoms with van der Waals surface area (Å²) in [5.41, 5.74) is 4.78. The number of aryl methyl sites for hydroxylation is 1. The third-order valence-electron chi connectivity index (χ3n) is 4.43. The minimum atomic E-state index is -0.179. The van der Waals surface area contributed by atoms with E-state index < -0.39 is 0 Å². The fraction of sp³-hybridized carbons (Fsp3) is 0.0870. The molecule has 1 heterocycles. The zero-order valence-electron chi connectivity index (χ0n) is 15.4. The van der Waals surface area contributed by atoms with E-state index in [1.54, 1.807) is 0 Å². The molecule has 0 radical (unpaired) electrons. The van der Waals surface area contributed by atoms with Crippen LogP contribution in [-0.4, -0.2) is 16.0 Å². The number of carbonyl (C=O) groups excluding carboxylic acids is 1. The van der Waals surface area contributed by atoms with Gasteiger partial charge in [-0.05, 0) is 42.3 Å². The SMILES string of the molecule is Cc1ccc(-c2nc(CNC(=O)c3ccc(-c4ccccc4)cc3)no2)cc1. The first-order valence-corrected chi connectivity index (χ1v) is 9.02. The Bertz CT molecular complexity index is 1070. The third kappa shape index (κ3) is 3.99. The molecule has 0 saturated carbocycles. The molecular formula is C23H19N3O2. The van der Waals surface area contributed by atoms with Crippen LogP contribution in [0.1, 0.15) is 21.7 Å². The van der Waals surface area contributed by atoms with Crippen molar-refractivity contribution in [3.8, 4) is 22.6 Å². The van der Waals surface area contributed by atoms with Crippen LogP contribution in [0.25, 0.3) is 22.6 Å². The van der Waals surface area contributed by atoms with E-state index in [2.05, 4.69) is 15.5 Å². The molecule has 1 aromatic heterocycles. The van der Waals surface area contributed by atoms with Gasteiger partial charge in [-0.2, -0.15) is 4.98 Å². The first-order chi connectivity index (χ1) is 13.7. The van der Waals surface area contributed by atoms with Gasteiger partial charge in [0.1, 0.15) is 0 Å². The number of nitrogens with zero attached hydrogens (tertiary/aromatic N) is 2. The maximum atomic E-state index is 12.4. The molecule has 4 aromatic rings. The lowest BCUT2D eigenvalue weighted by Gasteiger charge is -2.05. The highest BCUT2D eigenvalue weighted by molar-refractivity contribution is 5.94. The van der Waals surface area contributed by atoms with E-state index in [0.29, 0.717) is 17.3 Å². The van der Waals surface area contributed by atoms with Crippen molar-refractivity contribution in [2.75, 3.05) is 0 Å². The highest BCUT2D eigenvalue weighted by atomic mass is 16.5. The van der Waals surface area contributed by atoms with E-state index in [4.69, 9.17) is 4.52 Å². The monoisotopic (exact) mass is 369 g/mol. The van der Waals surface area contributed by atoms with Crippen LogP contribution in [0.2, 0.25) is 0 Å². The third-order valence-corrected chi connectivity index (χ3v) is 4.43. The Kier molecular flexibility index (Phi) is 4.97. The summed E-state index contributed by atoms with van der Waals surface area (Å²) in [4.78, 5) is 16.7. The number of benzene rings is 3. The Morgan fingerprint density at radius 2 is 1.50 bits per heavy atom.